The van der Waals surface area contributed by atoms with Crippen molar-refractivity contribution in [2.24, 2.45) is 0 Å². The van der Waals surface area contributed by atoms with Crippen LogP contribution in [0.2, 0.25) is 0 Å². The van der Waals surface area contributed by atoms with Gasteiger partial charge in [-0.25, -0.2) is 17.9 Å². The average Bonchev–Trinajstić information content (AvgIpc) is 3.59. The molecule has 3 aliphatic heterocycles. The Hall–Kier alpha value is -3.48. The molecule has 0 radical (unpaired) electrons. The van der Waals surface area contributed by atoms with Crippen LogP contribution in [0.25, 0.3) is 5.65 Å². The van der Waals surface area contributed by atoms with E-state index in [4.69, 9.17) is 9.47 Å². The number of carbonyl (C=O) groups is 1. The van der Waals surface area contributed by atoms with Gasteiger partial charge >= 0.3 is 0 Å². The van der Waals surface area contributed by atoms with Gasteiger partial charge in [0.05, 0.1) is 16.5 Å². The highest BCUT2D eigenvalue weighted by atomic mass is 32.2. The van der Waals surface area contributed by atoms with Crippen LogP contribution >= 0.6 is 0 Å². The smallest absolute Gasteiger partial charge is 0.243 e. The Labute approximate surface area is 214 Å². The molecule has 1 unspecified atom stereocenters. The van der Waals surface area contributed by atoms with Crippen molar-refractivity contribution >= 4 is 21.6 Å². The van der Waals surface area contributed by atoms with E-state index in [-0.39, 0.29) is 23.9 Å². The molecule has 2 aromatic heterocycles. The summed E-state index contributed by atoms with van der Waals surface area (Å²) >= 11 is 0. The van der Waals surface area contributed by atoms with E-state index >= 15 is 0 Å². The van der Waals surface area contributed by atoms with E-state index in [1.807, 2.05) is 37.1 Å². The summed E-state index contributed by atoms with van der Waals surface area (Å²) in [7, 11) is -1.90. The van der Waals surface area contributed by atoms with E-state index in [0.717, 1.165) is 16.8 Å². The predicted octanol–water partition coefficient (Wildman–Crippen LogP) is 0.955. The van der Waals surface area contributed by atoms with Gasteiger partial charge in [0.1, 0.15) is 19.0 Å². The van der Waals surface area contributed by atoms with Gasteiger partial charge in [-0.1, -0.05) is 6.07 Å². The first-order valence-corrected chi connectivity index (χ1v) is 13.6. The number of hydrogen-bond acceptors (Lipinski definition) is 8. The molecular weight excluding hydrogens is 496 g/mol. The topological polar surface area (TPSA) is 118 Å². The molecule has 0 fully saturated rings. The molecule has 1 N–H and O–H groups in total. The zero-order valence-electron chi connectivity index (χ0n) is 20.7. The third-order valence-corrected chi connectivity index (χ3v) is 8.81. The molecule has 1 amide bonds. The summed E-state index contributed by atoms with van der Waals surface area (Å²) in [5.74, 6) is 1.16. The van der Waals surface area contributed by atoms with E-state index in [1.54, 1.807) is 16.6 Å². The van der Waals surface area contributed by atoms with Crippen molar-refractivity contribution in [2.75, 3.05) is 53.0 Å². The highest BCUT2D eigenvalue weighted by Crippen LogP contribution is 2.36. The lowest BCUT2D eigenvalue weighted by Gasteiger charge is -2.27. The lowest BCUT2D eigenvalue weighted by molar-refractivity contribution is -0.131. The molecular formula is C25H28N6O5S. The Morgan fingerprint density at radius 1 is 1.05 bits per heavy atom. The molecule has 194 valence electrons. The normalized spacial score (nSPS) is 18.5. The van der Waals surface area contributed by atoms with Gasteiger partial charge in [-0.2, -0.15) is 9.40 Å². The van der Waals surface area contributed by atoms with Crippen LogP contribution < -0.4 is 14.8 Å². The second kappa shape index (κ2) is 9.12. The van der Waals surface area contributed by atoms with Crippen molar-refractivity contribution in [1.82, 2.24) is 29.1 Å². The Morgan fingerprint density at radius 3 is 2.51 bits per heavy atom. The van der Waals surface area contributed by atoms with Gasteiger partial charge in [0.25, 0.3) is 0 Å². The van der Waals surface area contributed by atoms with Crippen molar-refractivity contribution in [3.05, 3.63) is 59.1 Å². The fourth-order valence-electron chi connectivity index (χ4n) is 5.24. The van der Waals surface area contributed by atoms with Crippen molar-refractivity contribution < 1.29 is 22.7 Å². The first kappa shape index (κ1) is 23.9. The molecule has 12 heteroatoms. The lowest BCUT2D eigenvalue weighted by atomic mass is 10.0. The largest absolute Gasteiger partial charge is 0.486 e. The van der Waals surface area contributed by atoms with Crippen LogP contribution in [-0.2, 0) is 14.8 Å². The maximum absolute atomic E-state index is 13.7. The van der Waals surface area contributed by atoms with E-state index in [9.17, 15) is 13.2 Å². The summed E-state index contributed by atoms with van der Waals surface area (Å²) in [4.78, 5) is 20.1. The minimum Gasteiger partial charge on any atom is -0.486 e. The number of hydrogen-bond donors (Lipinski definition) is 1. The van der Waals surface area contributed by atoms with Gasteiger partial charge in [-0.3, -0.25) is 4.79 Å². The molecule has 6 rings (SSSR count). The van der Waals surface area contributed by atoms with Crippen molar-refractivity contribution in [2.45, 2.75) is 17.7 Å². The van der Waals surface area contributed by atoms with Gasteiger partial charge in [-0.05, 0) is 49.4 Å². The average molecular weight is 525 g/mol. The van der Waals surface area contributed by atoms with Crippen LogP contribution in [0.4, 0.5) is 0 Å². The predicted molar refractivity (Wildman–Crippen MR) is 134 cm³/mol. The molecule has 1 atom stereocenters. The number of pyridine rings is 1. The third kappa shape index (κ3) is 4.14. The molecule has 0 bridgehead atoms. The fourth-order valence-corrected chi connectivity index (χ4v) is 6.69. The van der Waals surface area contributed by atoms with Gasteiger partial charge < -0.3 is 19.7 Å². The van der Waals surface area contributed by atoms with Crippen molar-refractivity contribution in [1.29, 1.82) is 0 Å². The van der Waals surface area contributed by atoms with Crippen molar-refractivity contribution in [3.63, 3.8) is 0 Å². The van der Waals surface area contributed by atoms with Gasteiger partial charge in [-0.15, -0.1) is 0 Å². The maximum atomic E-state index is 13.7. The van der Waals surface area contributed by atoms with Crippen LogP contribution in [0, 0.1) is 6.92 Å². The van der Waals surface area contributed by atoms with Crippen LogP contribution in [0.3, 0.4) is 0 Å². The minimum atomic E-state index is -3.72. The number of benzene rings is 1. The number of aromatic nitrogens is 3. The Kier molecular flexibility index (Phi) is 5.89. The van der Waals surface area contributed by atoms with E-state index in [2.05, 4.69) is 15.4 Å². The second-order valence-electron chi connectivity index (χ2n) is 9.47. The lowest BCUT2D eigenvalue weighted by Crippen LogP contribution is -2.41. The zero-order chi connectivity index (χ0) is 25.7. The van der Waals surface area contributed by atoms with Crippen molar-refractivity contribution in [3.8, 4) is 11.5 Å². The maximum Gasteiger partial charge on any atom is 0.243 e. The standard InChI is InChI=1S/C25H28N6O5S/c1-16-27-24-5-3-4-21(31(24)28-16)20(11-26-2)25(32)29-12-17-14-30(15-18(17)13-29)37(33,34)19-6-7-22-23(10-19)36-9-8-35-22/h3-7,10,20,26H,8-9,11-15H2,1-2H3. The molecule has 3 aliphatic rings. The molecule has 5 heterocycles. The number of carbonyl (C=O) groups excluding carboxylic acids is 1. The highest BCUT2D eigenvalue weighted by molar-refractivity contribution is 7.89. The number of nitrogens with zero attached hydrogens (tertiary/aromatic N) is 5. The molecule has 0 saturated carbocycles. The zero-order valence-corrected chi connectivity index (χ0v) is 21.5. The number of nitrogens with one attached hydrogen (secondary N) is 1. The number of rotatable bonds is 6. The SMILES string of the molecule is CNCC(C(=O)N1CC2=C(C1)CN(S(=O)(=O)c1ccc3c(c1)OCCO3)C2)c1cccc2nc(C)nn12. The van der Waals surface area contributed by atoms with Crippen LogP contribution in [0.15, 0.2) is 52.4 Å². The van der Waals surface area contributed by atoms with Gasteiger partial charge in [0.2, 0.25) is 15.9 Å². The summed E-state index contributed by atoms with van der Waals surface area (Å²) in [5.41, 5.74) is 3.43. The molecule has 11 nitrogen and oxygen atoms in total. The molecule has 0 aliphatic carbocycles. The van der Waals surface area contributed by atoms with Crippen LogP contribution in [0.1, 0.15) is 17.4 Å². The summed E-state index contributed by atoms with van der Waals surface area (Å²) in [6.07, 6.45) is 0. The molecule has 37 heavy (non-hydrogen) atoms. The number of ether oxygens (including phenoxy) is 2. The monoisotopic (exact) mass is 524 g/mol. The molecule has 0 saturated heterocycles. The number of sulfonamides is 1. The Morgan fingerprint density at radius 2 is 1.78 bits per heavy atom. The number of amides is 1. The number of fused-ring (bicyclic) bond motifs is 2. The third-order valence-electron chi connectivity index (χ3n) is 7.02. The Balaban J connectivity index is 1.18. The molecule has 0 spiro atoms. The quantitative estimate of drug-likeness (QED) is 0.474. The molecule has 1 aromatic carbocycles. The van der Waals surface area contributed by atoms with Crippen LogP contribution in [-0.4, -0.2) is 91.1 Å². The minimum absolute atomic E-state index is 0.0225. The van der Waals surface area contributed by atoms with Crippen LogP contribution in [0.5, 0.6) is 11.5 Å². The first-order chi connectivity index (χ1) is 17.8. The van der Waals surface area contributed by atoms with Gasteiger partial charge in [0, 0.05) is 38.8 Å². The van der Waals surface area contributed by atoms with E-state index in [1.165, 1.54) is 10.4 Å². The fraction of sp³-hybridized carbons (Fsp3) is 0.400. The van der Waals surface area contributed by atoms with E-state index < -0.39 is 15.9 Å². The summed E-state index contributed by atoms with van der Waals surface area (Å²) in [6, 6.07) is 10.4. The summed E-state index contributed by atoms with van der Waals surface area (Å²) < 4.78 is 41.0. The number of likely N-dealkylation sites (N-methyl/N-ethyl adjacent to an activating group) is 1. The second-order valence-corrected chi connectivity index (χ2v) is 11.4. The molecule has 3 aromatic rings. The van der Waals surface area contributed by atoms with Gasteiger partial charge in [0.15, 0.2) is 17.1 Å². The summed E-state index contributed by atoms with van der Waals surface area (Å²) in [5, 5.41) is 7.61. The summed E-state index contributed by atoms with van der Waals surface area (Å²) in [6.45, 7) is 4.46. The Bertz CT molecular complexity index is 1510. The number of aryl methyl sites for hydroxylation is 1. The van der Waals surface area contributed by atoms with E-state index in [0.29, 0.717) is 55.8 Å². The highest BCUT2D eigenvalue weighted by Gasteiger charge is 2.39. The first-order valence-electron chi connectivity index (χ1n) is 12.2.